The fourth-order valence-electron chi connectivity index (χ4n) is 2.46. The highest BCUT2D eigenvalue weighted by molar-refractivity contribution is 6.42. The molecule has 0 aromatic heterocycles. The number of rotatable bonds is 8. The van der Waals surface area contributed by atoms with E-state index in [0.29, 0.717) is 0 Å². The molecule has 0 aliphatic rings. The van der Waals surface area contributed by atoms with E-state index in [0.717, 1.165) is 29.2 Å². The van der Waals surface area contributed by atoms with Gasteiger partial charge in [-0.05, 0) is 44.0 Å². The molecule has 0 aliphatic heterocycles. The molecule has 120 valence electrons. The first kappa shape index (κ1) is 17.1. The Morgan fingerprint density at radius 1 is 0.739 bits per heavy atom. The second kappa shape index (κ2) is 9.73. The van der Waals surface area contributed by atoms with Gasteiger partial charge in [-0.3, -0.25) is 9.98 Å². The minimum Gasteiger partial charge on any atom is -0.252 e. The molecule has 2 nitrogen and oxygen atoms in total. The molecule has 0 aliphatic carbocycles. The van der Waals surface area contributed by atoms with E-state index in [-0.39, 0.29) is 0 Å². The third kappa shape index (κ3) is 6.19. The van der Waals surface area contributed by atoms with Gasteiger partial charge in [-0.25, -0.2) is 0 Å². The zero-order valence-electron chi connectivity index (χ0n) is 14.2. The number of hydrogen-bond donors (Lipinski definition) is 0. The summed E-state index contributed by atoms with van der Waals surface area (Å²) < 4.78 is 0. The van der Waals surface area contributed by atoms with Crippen LogP contribution in [0.4, 0.5) is 11.4 Å². The molecule has 0 saturated heterocycles. The average Bonchev–Trinajstić information content (AvgIpc) is 2.59. The molecule has 2 rings (SSSR count). The smallest absolute Gasteiger partial charge is 0.0633 e. The number of para-hydroxylation sites is 2. The second-order valence-corrected chi connectivity index (χ2v) is 5.74. The lowest BCUT2D eigenvalue weighted by Crippen LogP contribution is -2.10. The Kier molecular flexibility index (Phi) is 7.25. The van der Waals surface area contributed by atoms with Gasteiger partial charge in [-0.15, -0.1) is 0 Å². The van der Waals surface area contributed by atoms with Crippen LogP contribution < -0.4 is 0 Å². The Balaban J connectivity index is 2.18. The third-order valence-corrected chi connectivity index (χ3v) is 3.76. The Bertz CT molecular complexity index is 627. The van der Waals surface area contributed by atoms with Gasteiger partial charge in [0, 0.05) is 0 Å². The number of hydrogen-bond acceptors (Lipinski definition) is 2. The van der Waals surface area contributed by atoms with Crippen LogP contribution in [0, 0.1) is 0 Å². The van der Waals surface area contributed by atoms with Gasteiger partial charge < -0.3 is 0 Å². The van der Waals surface area contributed by atoms with Crippen LogP contribution in [0.3, 0.4) is 0 Å². The van der Waals surface area contributed by atoms with Gasteiger partial charge in [0.05, 0.1) is 22.8 Å². The van der Waals surface area contributed by atoms with Crippen LogP contribution in [0.2, 0.25) is 0 Å². The molecule has 0 bridgehead atoms. The second-order valence-electron chi connectivity index (χ2n) is 5.74. The molecule has 0 atom stereocenters. The normalized spacial score (nSPS) is 12.4. The highest BCUT2D eigenvalue weighted by Gasteiger charge is 2.05. The van der Waals surface area contributed by atoms with Gasteiger partial charge in [-0.1, -0.05) is 62.6 Å². The maximum Gasteiger partial charge on any atom is 0.0633 e. The van der Waals surface area contributed by atoms with E-state index in [1.54, 1.807) is 0 Å². The van der Waals surface area contributed by atoms with Crippen molar-refractivity contribution in [2.45, 2.75) is 46.0 Å². The van der Waals surface area contributed by atoms with E-state index in [1.807, 2.05) is 60.7 Å². The average molecular weight is 306 g/mol. The van der Waals surface area contributed by atoms with Crippen LogP contribution >= 0.6 is 0 Å². The molecular weight excluding hydrogens is 280 g/mol. The summed E-state index contributed by atoms with van der Waals surface area (Å²) >= 11 is 0. The predicted molar refractivity (Wildman–Crippen MR) is 102 cm³/mol. The summed E-state index contributed by atoms with van der Waals surface area (Å²) in [5.74, 6) is 0. The van der Waals surface area contributed by atoms with Crippen molar-refractivity contribution in [1.29, 1.82) is 0 Å². The molecule has 0 heterocycles. The van der Waals surface area contributed by atoms with Crippen molar-refractivity contribution >= 4 is 22.8 Å². The number of benzene rings is 2. The van der Waals surface area contributed by atoms with E-state index < -0.39 is 0 Å². The van der Waals surface area contributed by atoms with Crippen LogP contribution in [0.5, 0.6) is 0 Å². The summed E-state index contributed by atoms with van der Waals surface area (Å²) in [6.07, 6.45) is 5.94. The van der Waals surface area contributed by atoms with Crippen molar-refractivity contribution in [2.75, 3.05) is 0 Å². The first-order valence-corrected chi connectivity index (χ1v) is 8.53. The summed E-state index contributed by atoms with van der Waals surface area (Å²) in [7, 11) is 0. The van der Waals surface area contributed by atoms with E-state index in [2.05, 4.69) is 13.8 Å². The molecule has 0 amide bonds. The molecule has 0 fully saturated rings. The highest BCUT2D eigenvalue weighted by atomic mass is 14.8. The van der Waals surface area contributed by atoms with Gasteiger partial charge in [0.25, 0.3) is 0 Å². The van der Waals surface area contributed by atoms with E-state index in [9.17, 15) is 0 Å². The molecule has 0 radical (unpaired) electrons. The van der Waals surface area contributed by atoms with Crippen LogP contribution in [0.15, 0.2) is 70.6 Å². The predicted octanol–water partition coefficient (Wildman–Crippen LogP) is 6.52. The lowest BCUT2D eigenvalue weighted by molar-refractivity contribution is 0.684. The molecule has 0 N–H and O–H groups in total. The molecule has 2 aromatic rings. The summed E-state index contributed by atoms with van der Waals surface area (Å²) in [6, 6.07) is 20.3. The molecule has 2 aromatic carbocycles. The van der Waals surface area contributed by atoms with Gasteiger partial charge in [-0.2, -0.15) is 0 Å². The highest BCUT2D eigenvalue weighted by Crippen LogP contribution is 2.16. The van der Waals surface area contributed by atoms with Crippen molar-refractivity contribution in [1.82, 2.24) is 0 Å². The SMILES string of the molecule is CCCCCCC(=Nc1ccccc1)C(C)=Nc1ccccc1. The fraction of sp³-hybridized carbons (Fsp3) is 0.333. The first-order chi connectivity index (χ1) is 11.3. The van der Waals surface area contributed by atoms with Crippen LogP contribution in [0.1, 0.15) is 46.0 Å². The lowest BCUT2D eigenvalue weighted by atomic mass is 10.1. The molecule has 0 unspecified atom stereocenters. The zero-order valence-corrected chi connectivity index (χ0v) is 14.2. The Hall–Kier alpha value is -2.22. The van der Waals surface area contributed by atoms with Crippen molar-refractivity contribution in [2.24, 2.45) is 9.98 Å². The maximum atomic E-state index is 4.84. The lowest BCUT2D eigenvalue weighted by Gasteiger charge is -2.07. The Labute approximate surface area is 140 Å². The minimum atomic E-state index is 0.983. The topological polar surface area (TPSA) is 24.7 Å². The van der Waals surface area contributed by atoms with Crippen LogP contribution in [0.25, 0.3) is 0 Å². The molecule has 0 saturated carbocycles. The quantitative estimate of drug-likeness (QED) is 0.391. The minimum absolute atomic E-state index is 0.983. The van der Waals surface area contributed by atoms with Gasteiger partial charge in [0.2, 0.25) is 0 Å². The van der Waals surface area contributed by atoms with Crippen molar-refractivity contribution < 1.29 is 0 Å². The van der Waals surface area contributed by atoms with Crippen molar-refractivity contribution in [3.05, 3.63) is 60.7 Å². The van der Waals surface area contributed by atoms with Gasteiger partial charge in [0.1, 0.15) is 0 Å². The van der Waals surface area contributed by atoms with E-state index in [4.69, 9.17) is 9.98 Å². The Morgan fingerprint density at radius 3 is 1.87 bits per heavy atom. The van der Waals surface area contributed by atoms with Gasteiger partial charge >= 0.3 is 0 Å². The standard InChI is InChI=1S/C21H26N2/c1-3-4-5-12-17-21(23-20-15-10-7-11-16-20)18(2)22-19-13-8-6-9-14-19/h6-11,13-16H,3-5,12,17H2,1-2H3. The number of aliphatic imine (C=N–C) groups is 2. The van der Waals surface area contributed by atoms with Crippen molar-refractivity contribution in [3.8, 4) is 0 Å². The summed E-state index contributed by atoms with van der Waals surface area (Å²) in [5, 5.41) is 0. The monoisotopic (exact) mass is 306 g/mol. The van der Waals surface area contributed by atoms with Gasteiger partial charge in [0.15, 0.2) is 0 Å². The first-order valence-electron chi connectivity index (χ1n) is 8.53. The molecule has 0 spiro atoms. The zero-order chi connectivity index (χ0) is 16.3. The van der Waals surface area contributed by atoms with Crippen molar-refractivity contribution in [3.63, 3.8) is 0 Å². The summed E-state index contributed by atoms with van der Waals surface area (Å²) in [4.78, 5) is 9.58. The molecule has 23 heavy (non-hydrogen) atoms. The Morgan fingerprint density at radius 2 is 1.30 bits per heavy atom. The summed E-state index contributed by atoms with van der Waals surface area (Å²) in [5.41, 5.74) is 4.09. The van der Waals surface area contributed by atoms with E-state index >= 15 is 0 Å². The maximum absolute atomic E-state index is 4.84. The largest absolute Gasteiger partial charge is 0.252 e. The van der Waals surface area contributed by atoms with Crippen LogP contribution in [-0.2, 0) is 0 Å². The fourth-order valence-corrected chi connectivity index (χ4v) is 2.46. The van der Waals surface area contributed by atoms with Crippen LogP contribution in [-0.4, -0.2) is 11.4 Å². The number of unbranched alkanes of at least 4 members (excludes halogenated alkanes) is 3. The summed E-state index contributed by atoms with van der Waals surface area (Å²) in [6.45, 7) is 4.30. The third-order valence-electron chi connectivity index (χ3n) is 3.76. The van der Waals surface area contributed by atoms with E-state index in [1.165, 1.54) is 25.7 Å². The number of nitrogens with zero attached hydrogens (tertiary/aromatic N) is 2. The molecule has 2 heteroatoms. The molecular formula is C21H26N2.